The van der Waals surface area contributed by atoms with Crippen molar-refractivity contribution < 1.29 is 9.34 Å². The summed E-state index contributed by atoms with van der Waals surface area (Å²) in [5.41, 5.74) is -0.0678. The molecular weight excluding hydrogens is 316 g/mol. The van der Waals surface area contributed by atoms with Crippen LogP contribution in [0.3, 0.4) is 0 Å². The van der Waals surface area contributed by atoms with E-state index in [-0.39, 0.29) is 5.69 Å². The summed E-state index contributed by atoms with van der Waals surface area (Å²) in [6.07, 6.45) is 3.65. The third kappa shape index (κ3) is 3.28. The molecule has 0 fully saturated rings. The Hall–Kier alpha value is -1.96. The van der Waals surface area contributed by atoms with Gasteiger partial charge in [-0.1, -0.05) is 6.92 Å². The highest BCUT2D eigenvalue weighted by molar-refractivity contribution is 9.10. The minimum absolute atomic E-state index is 0.0678. The van der Waals surface area contributed by atoms with Gasteiger partial charge in [-0.15, -0.1) is 0 Å². The largest absolute Gasteiger partial charge is 0.444 e. The summed E-state index contributed by atoms with van der Waals surface area (Å²) in [6.45, 7) is 2.34. The van der Waals surface area contributed by atoms with Gasteiger partial charge in [0.05, 0.1) is 22.1 Å². The molecular formula is C11H11BrN4O3. The monoisotopic (exact) mass is 326 g/mol. The van der Waals surface area contributed by atoms with Gasteiger partial charge in [0.15, 0.2) is 0 Å². The van der Waals surface area contributed by atoms with Crippen molar-refractivity contribution in [1.29, 1.82) is 0 Å². The van der Waals surface area contributed by atoms with E-state index in [0.29, 0.717) is 22.7 Å². The van der Waals surface area contributed by atoms with Gasteiger partial charge < -0.3 is 9.73 Å². The number of rotatable bonds is 5. The maximum atomic E-state index is 10.6. The maximum Gasteiger partial charge on any atom is 0.288 e. The van der Waals surface area contributed by atoms with E-state index in [1.165, 1.54) is 12.3 Å². The highest BCUT2D eigenvalue weighted by atomic mass is 79.9. The first-order chi connectivity index (χ1) is 9.10. The van der Waals surface area contributed by atoms with Gasteiger partial charge in [0, 0.05) is 12.5 Å². The average molecular weight is 327 g/mol. The van der Waals surface area contributed by atoms with Crippen molar-refractivity contribution in [2.75, 3.05) is 5.32 Å². The van der Waals surface area contributed by atoms with E-state index in [1.807, 2.05) is 6.92 Å². The van der Waals surface area contributed by atoms with Crippen LogP contribution in [0.4, 0.5) is 11.5 Å². The first-order valence-corrected chi connectivity index (χ1v) is 6.37. The van der Waals surface area contributed by atoms with Gasteiger partial charge in [0.1, 0.15) is 17.8 Å². The molecule has 0 spiro atoms. The predicted octanol–water partition coefficient (Wildman–Crippen LogP) is 2.91. The molecule has 100 valence electrons. The summed E-state index contributed by atoms with van der Waals surface area (Å²) in [4.78, 5) is 18.2. The van der Waals surface area contributed by atoms with Crippen molar-refractivity contribution in [3.8, 4) is 0 Å². The average Bonchev–Trinajstić information content (AvgIpc) is 2.85. The molecule has 0 radical (unpaired) electrons. The number of nitrogens with one attached hydrogen (secondary N) is 1. The Labute approximate surface area is 117 Å². The summed E-state index contributed by atoms with van der Waals surface area (Å²) in [7, 11) is 0. The molecule has 2 aromatic heterocycles. The minimum Gasteiger partial charge on any atom is -0.444 e. The molecule has 0 saturated heterocycles. The minimum atomic E-state index is -0.497. The maximum absolute atomic E-state index is 10.6. The molecule has 0 amide bonds. The fraction of sp³-hybridized carbons (Fsp3) is 0.273. The Balaban J connectivity index is 2.05. The summed E-state index contributed by atoms with van der Waals surface area (Å²) >= 11 is 3.23. The summed E-state index contributed by atoms with van der Waals surface area (Å²) in [5, 5.41) is 13.6. The Kier molecular flexibility index (Phi) is 4.10. The number of pyridine rings is 1. The van der Waals surface area contributed by atoms with Crippen molar-refractivity contribution in [2.24, 2.45) is 0 Å². The first-order valence-electron chi connectivity index (χ1n) is 5.57. The van der Waals surface area contributed by atoms with Gasteiger partial charge in [-0.2, -0.15) is 0 Å². The zero-order valence-corrected chi connectivity index (χ0v) is 11.7. The van der Waals surface area contributed by atoms with Crippen molar-refractivity contribution in [1.82, 2.24) is 9.97 Å². The smallest absolute Gasteiger partial charge is 0.288 e. The number of aryl methyl sites for hydroxylation is 1. The van der Waals surface area contributed by atoms with Crippen LogP contribution in [0.15, 0.2) is 27.3 Å². The number of hydrogen-bond donors (Lipinski definition) is 1. The first kappa shape index (κ1) is 13.5. The van der Waals surface area contributed by atoms with Gasteiger partial charge in [0.25, 0.3) is 5.69 Å². The fourth-order valence-electron chi connectivity index (χ4n) is 1.41. The van der Waals surface area contributed by atoms with Crippen molar-refractivity contribution >= 4 is 27.4 Å². The van der Waals surface area contributed by atoms with Crippen LogP contribution in [0.5, 0.6) is 0 Å². The number of aromatic nitrogens is 2. The summed E-state index contributed by atoms with van der Waals surface area (Å²) < 4.78 is 5.95. The molecule has 0 aromatic carbocycles. The normalized spacial score (nSPS) is 10.4. The van der Waals surface area contributed by atoms with Crippen LogP contribution in [0.2, 0.25) is 0 Å². The number of anilines is 1. The Morgan fingerprint density at radius 3 is 2.84 bits per heavy atom. The second-order valence-electron chi connectivity index (χ2n) is 3.71. The topological polar surface area (TPSA) is 94.1 Å². The quantitative estimate of drug-likeness (QED) is 0.670. The van der Waals surface area contributed by atoms with Crippen LogP contribution in [-0.2, 0) is 13.0 Å². The second kappa shape index (κ2) is 5.79. The summed E-state index contributed by atoms with van der Waals surface area (Å²) in [6, 6.07) is 1.39. The SMILES string of the molecule is CCc1cnc(CNc2ncc([N+](=O)[O-])cc2Br)o1. The number of halogens is 1. The van der Waals surface area contributed by atoms with Gasteiger partial charge in [-0.3, -0.25) is 10.1 Å². The lowest BCUT2D eigenvalue weighted by atomic mass is 10.4. The Morgan fingerprint density at radius 1 is 1.47 bits per heavy atom. The van der Waals surface area contributed by atoms with Crippen molar-refractivity contribution in [2.45, 2.75) is 19.9 Å². The van der Waals surface area contributed by atoms with E-state index in [2.05, 4.69) is 31.2 Å². The van der Waals surface area contributed by atoms with Crippen molar-refractivity contribution in [3.05, 3.63) is 44.7 Å². The molecule has 0 atom stereocenters. The van der Waals surface area contributed by atoms with Crippen LogP contribution in [-0.4, -0.2) is 14.9 Å². The molecule has 19 heavy (non-hydrogen) atoms. The van der Waals surface area contributed by atoms with Crippen LogP contribution < -0.4 is 5.32 Å². The molecule has 0 aliphatic heterocycles. The second-order valence-corrected chi connectivity index (χ2v) is 4.56. The van der Waals surface area contributed by atoms with E-state index >= 15 is 0 Å². The third-order valence-corrected chi connectivity index (χ3v) is 3.00. The zero-order valence-electron chi connectivity index (χ0n) is 10.1. The highest BCUT2D eigenvalue weighted by Crippen LogP contribution is 2.24. The van der Waals surface area contributed by atoms with E-state index in [4.69, 9.17) is 4.42 Å². The molecule has 0 aliphatic rings. The molecule has 0 aliphatic carbocycles. The van der Waals surface area contributed by atoms with Gasteiger partial charge >= 0.3 is 0 Å². The van der Waals surface area contributed by atoms with Crippen molar-refractivity contribution in [3.63, 3.8) is 0 Å². The van der Waals surface area contributed by atoms with E-state index in [9.17, 15) is 10.1 Å². The fourth-order valence-corrected chi connectivity index (χ4v) is 1.89. The lowest BCUT2D eigenvalue weighted by Gasteiger charge is -2.04. The van der Waals surface area contributed by atoms with E-state index in [1.54, 1.807) is 6.20 Å². The molecule has 0 unspecified atom stereocenters. The molecule has 0 saturated carbocycles. The number of nitro groups is 1. The number of nitrogens with zero attached hydrogens (tertiary/aromatic N) is 3. The Bertz CT molecular complexity index is 599. The molecule has 2 heterocycles. The van der Waals surface area contributed by atoms with Crippen LogP contribution in [0.25, 0.3) is 0 Å². The molecule has 7 nitrogen and oxygen atoms in total. The molecule has 2 aromatic rings. The number of hydrogen-bond acceptors (Lipinski definition) is 6. The lowest BCUT2D eigenvalue weighted by molar-refractivity contribution is -0.385. The van der Waals surface area contributed by atoms with Crippen LogP contribution in [0.1, 0.15) is 18.6 Å². The summed E-state index contributed by atoms with van der Waals surface area (Å²) in [5.74, 6) is 1.86. The molecule has 2 rings (SSSR count). The third-order valence-electron chi connectivity index (χ3n) is 2.39. The predicted molar refractivity (Wildman–Crippen MR) is 71.8 cm³/mol. The van der Waals surface area contributed by atoms with Crippen LogP contribution in [0, 0.1) is 10.1 Å². The lowest BCUT2D eigenvalue weighted by Crippen LogP contribution is -2.03. The van der Waals surface area contributed by atoms with E-state index in [0.717, 1.165) is 12.2 Å². The number of oxazole rings is 1. The van der Waals surface area contributed by atoms with E-state index < -0.39 is 4.92 Å². The van der Waals surface area contributed by atoms with Gasteiger partial charge in [-0.25, -0.2) is 9.97 Å². The molecule has 1 N–H and O–H groups in total. The van der Waals surface area contributed by atoms with Crippen LogP contribution >= 0.6 is 15.9 Å². The van der Waals surface area contributed by atoms with Gasteiger partial charge in [0.2, 0.25) is 5.89 Å². The highest BCUT2D eigenvalue weighted by Gasteiger charge is 2.11. The molecule has 0 bridgehead atoms. The van der Waals surface area contributed by atoms with Gasteiger partial charge in [-0.05, 0) is 15.9 Å². The standard InChI is InChI=1S/C11H11BrN4O3/c1-2-8-5-13-10(19-8)6-15-11-9(12)3-7(4-14-11)16(17)18/h3-5H,2,6H2,1H3,(H,14,15). The zero-order chi connectivity index (χ0) is 13.8. The Morgan fingerprint density at radius 2 is 2.26 bits per heavy atom. The molecule has 8 heteroatoms.